The first-order valence-corrected chi connectivity index (χ1v) is 7.32. The van der Waals surface area contributed by atoms with Gasteiger partial charge in [-0.2, -0.15) is 0 Å². The third-order valence-electron chi connectivity index (χ3n) is 2.85. The highest BCUT2D eigenvalue weighted by atomic mass is 32.2. The molecule has 0 saturated carbocycles. The molecular weight excluding hydrogens is 266 g/mol. The van der Waals surface area contributed by atoms with E-state index in [2.05, 4.69) is 4.72 Å². The van der Waals surface area contributed by atoms with E-state index in [4.69, 9.17) is 5.11 Å². The molecule has 0 amide bonds. The van der Waals surface area contributed by atoms with Crippen LogP contribution in [0.25, 0.3) is 0 Å². The van der Waals surface area contributed by atoms with Crippen molar-refractivity contribution in [1.82, 2.24) is 0 Å². The van der Waals surface area contributed by atoms with Gasteiger partial charge in [0.2, 0.25) is 0 Å². The second kappa shape index (κ2) is 7.25. The minimum absolute atomic E-state index is 0.00694. The summed E-state index contributed by atoms with van der Waals surface area (Å²) < 4.78 is 24.0. The molecule has 1 unspecified atom stereocenters. The predicted octanol–water partition coefficient (Wildman–Crippen LogP) is 2.50. The minimum Gasteiger partial charge on any atom is -0.755 e. The molecule has 6 heteroatoms. The van der Waals surface area contributed by atoms with Crippen molar-refractivity contribution in [2.45, 2.75) is 39.5 Å². The molecule has 0 aliphatic heterocycles. The molecule has 1 aromatic rings. The highest BCUT2D eigenvalue weighted by Crippen LogP contribution is 2.28. The van der Waals surface area contributed by atoms with Gasteiger partial charge in [0, 0.05) is 11.3 Å². The molecule has 0 aliphatic rings. The molecule has 2 N–H and O–H groups in total. The summed E-state index contributed by atoms with van der Waals surface area (Å²) in [6, 6.07) is 3.23. The highest BCUT2D eigenvalue weighted by Gasteiger charge is 2.17. The van der Waals surface area contributed by atoms with Crippen LogP contribution in [0.2, 0.25) is 0 Å². The molecule has 1 atom stereocenters. The Hall–Kier alpha value is -1.40. The van der Waals surface area contributed by atoms with Gasteiger partial charge in [-0.1, -0.05) is 32.8 Å². The number of rotatable bonds is 7. The Balaban J connectivity index is 3.40. The Morgan fingerprint density at radius 1 is 1.32 bits per heavy atom. The van der Waals surface area contributed by atoms with Crippen molar-refractivity contribution in [1.29, 1.82) is 0 Å². The van der Waals surface area contributed by atoms with Crippen molar-refractivity contribution in [3.8, 4) is 0 Å². The summed E-state index contributed by atoms with van der Waals surface area (Å²) in [4.78, 5) is 11.2. The normalized spacial score (nSPS) is 12.2. The van der Waals surface area contributed by atoms with E-state index in [0.29, 0.717) is 6.42 Å². The van der Waals surface area contributed by atoms with Gasteiger partial charge in [0.05, 0.1) is 11.3 Å². The van der Waals surface area contributed by atoms with Crippen molar-refractivity contribution in [2.24, 2.45) is 0 Å². The van der Waals surface area contributed by atoms with Crippen LogP contribution in [-0.4, -0.2) is 19.8 Å². The van der Waals surface area contributed by atoms with E-state index in [1.807, 2.05) is 13.8 Å². The summed E-state index contributed by atoms with van der Waals surface area (Å²) >= 11 is -2.53. The molecule has 0 radical (unpaired) electrons. The number of carbonyl (C=O) groups is 1. The van der Waals surface area contributed by atoms with Crippen LogP contribution in [0, 0.1) is 0 Å². The van der Waals surface area contributed by atoms with Gasteiger partial charge in [0.15, 0.2) is 0 Å². The van der Waals surface area contributed by atoms with E-state index in [1.54, 1.807) is 6.07 Å². The highest BCUT2D eigenvalue weighted by molar-refractivity contribution is 7.80. The van der Waals surface area contributed by atoms with Gasteiger partial charge in [-0.15, -0.1) is 0 Å². The molecule has 1 aromatic carbocycles. The van der Waals surface area contributed by atoms with E-state index >= 15 is 0 Å². The van der Waals surface area contributed by atoms with Crippen LogP contribution in [0.15, 0.2) is 12.1 Å². The minimum atomic E-state index is -2.53. The monoisotopic (exact) mass is 284 g/mol. The lowest BCUT2D eigenvalue weighted by Crippen LogP contribution is -2.13. The average molecular weight is 284 g/mol. The first kappa shape index (κ1) is 15.7. The Labute approximate surface area is 115 Å². The molecule has 0 spiro atoms. The van der Waals surface area contributed by atoms with Crippen LogP contribution < -0.4 is 4.72 Å². The zero-order valence-electron chi connectivity index (χ0n) is 11.1. The van der Waals surface area contributed by atoms with Gasteiger partial charge >= 0.3 is 5.97 Å². The van der Waals surface area contributed by atoms with Gasteiger partial charge in [-0.3, -0.25) is 4.21 Å². The number of aromatic carboxylic acids is 1. The number of carboxylic acid groups (broad SMARTS) is 1. The second-order valence-electron chi connectivity index (χ2n) is 4.27. The van der Waals surface area contributed by atoms with Crippen molar-refractivity contribution < 1.29 is 18.7 Å². The number of nitrogens with one attached hydrogen (secondary N) is 1. The van der Waals surface area contributed by atoms with Crippen LogP contribution in [-0.2, 0) is 24.1 Å². The van der Waals surface area contributed by atoms with Crippen molar-refractivity contribution in [3.63, 3.8) is 0 Å². The third kappa shape index (κ3) is 4.04. The maximum atomic E-state index is 11.2. The summed E-state index contributed by atoms with van der Waals surface area (Å²) in [5, 5.41) is 9.15. The summed E-state index contributed by atoms with van der Waals surface area (Å²) in [7, 11) is 0. The standard InChI is InChI=1S/C13H19NO4S/c1-3-5-9-7-8-11(13(15)16)12(14-19(17)18)10(9)6-4-2/h7-8,14H,3-6H2,1-2H3,(H,15,16)(H,17,18)/p-1. The molecule has 106 valence electrons. The van der Waals surface area contributed by atoms with Gasteiger partial charge in [0.1, 0.15) is 0 Å². The summed E-state index contributed by atoms with van der Waals surface area (Å²) in [5.41, 5.74) is 1.98. The Bertz CT molecular complexity index is 488. The number of benzene rings is 1. The summed E-state index contributed by atoms with van der Waals surface area (Å²) in [5.74, 6) is -1.13. The molecule has 0 bridgehead atoms. The first-order chi connectivity index (χ1) is 9.01. The average Bonchev–Trinajstić information content (AvgIpc) is 2.32. The molecule has 1 rings (SSSR count). The van der Waals surface area contributed by atoms with Gasteiger partial charge in [-0.25, -0.2) is 4.79 Å². The smallest absolute Gasteiger partial charge is 0.337 e. The number of hydrogen-bond donors (Lipinski definition) is 2. The SMILES string of the molecule is CCCc1ccc(C(=O)O)c(NS(=O)[O-])c1CCC. The molecule has 0 aromatic heterocycles. The van der Waals surface area contributed by atoms with Crippen LogP contribution in [0.3, 0.4) is 0 Å². The van der Waals surface area contributed by atoms with Gasteiger partial charge in [-0.05, 0) is 30.0 Å². The van der Waals surface area contributed by atoms with Crippen LogP contribution in [0.4, 0.5) is 5.69 Å². The van der Waals surface area contributed by atoms with E-state index in [9.17, 15) is 13.6 Å². The van der Waals surface area contributed by atoms with E-state index < -0.39 is 17.2 Å². The Morgan fingerprint density at radius 2 is 1.95 bits per heavy atom. The zero-order valence-corrected chi connectivity index (χ0v) is 11.9. The molecule has 0 fully saturated rings. The topological polar surface area (TPSA) is 89.5 Å². The fraction of sp³-hybridized carbons (Fsp3) is 0.462. The number of aryl methyl sites for hydroxylation is 1. The molecule has 19 heavy (non-hydrogen) atoms. The lowest BCUT2D eigenvalue weighted by Gasteiger charge is -2.19. The van der Waals surface area contributed by atoms with Gasteiger partial charge < -0.3 is 14.4 Å². The van der Waals surface area contributed by atoms with Crippen molar-refractivity contribution >= 4 is 22.9 Å². The molecule has 0 saturated heterocycles. The summed E-state index contributed by atoms with van der Waals surface area (Å²) in [6.07, 6.45) is 3.19. The van der Waals surface area contributed by atoms with Crippen molar-refractivity contribution in [3.05, 3.63) is 28.8 Å². The van der Waals surface area contributed by atoms with Crippen LogP contribution >= 0.6 is 0 Å². The van der Waals surface area contributed by atoms with Crippen molar-refractivity contribution in [2.75, 3.05) is 4.72 Å². The van der Waals surface area contributed by atoms with Crippen LogP contribution in [0.1, 0.15) is 48.2 Å². The summed E-state index contributed by atoms with van der Waals surface area (Å²) in [6.45, 7) is 4.00. The first-order valence-electron chi connectivity index (χ1n) is 6.25. The fourth-order valence-electron chi connectivity index (χ4n) is 2.11. The predicted molar refractivity (Wildman–Crippen MR) is 73.9 cm³/mol. The molecule has 0 heterocycles. The number of anilines is 1. The maximum absolute atomic E-state index is 11.2. The molecule has 5 nitrogen and oxygen atoms in total. The Kier molecular flexibility index (Phi) is 5.98. The fourth-order valence-corrected chi connectivity index (χ4v) is 2.51. The van der Waals surface area contributed by atoms with Gasteiger partial charge in [0.25, 0.3) is 0 Å². The van der Waals surface area contributed by atoms with E-state index in [1.165, 1.54) is 6.07 Å². The lowest BCUT2D eigenvalue weighted by atomic mass is 9.95. The third-order valence-corrected chi connectivity index (χ3v) is 3.22. The number of hydrogen-bond acceptors (Lipinski definition) is 3. The zero-order chi connectivity index (χ0) is 14.4. The van der Waals surface area contributed by atoms with E-state index in [-0.39, 0.29) is 11.3 Å². The maximum Gasteiger partial charge on any atom is 0.337 e. The van der Waals surface area contributed by atoms with Crippen LogP contribution in [0.5, 0.6) is 0 Å². The quantitative estimate of drug-likeness (QED) is 0.753. The lowest BCUT2D eigenvalue weighted by molar-refractivity contribution is 0.0698. The molecular formula is C13H18NO4S-. The van der Waals surface area contributed by atoms with E-state index in [0.717, 1.165) is 30.4 Å². The molecule has 0 aliphatic carbocycles. The largest absolute Gasteiger partial charge is 0.755 e. The second-order valence-corrected chi connectivity index (χ2v) is 4.94. The Morgan fingerprint density at radius 3 is 2.42 bits per heavy atom. The number of carboxylic acids is 1.